The van der Waals surface area contributed by atoms with Crippen molar-refractivity contribution < 1.29 is 22.1 Å². The van der Waals surface area contributed by atoms with E-state index in [0.29, 0.717) is 11.4 Å². The molecule has 1 atom stereocenters. The van der Waals surface area contributed by atoms with Crippen LogP contribution in [0.1, 0.15) is 12.5 Å². The maximum Gasteiger partial charge on any atom is 0.302 e. The van der Waals surface area contributed by atoms with Crippen molar-refractivity contribution in [2.45, 2.75) is 13.3 Å². The molecule has 0 bridgehead atoms. The van der Waals surface area contributed by atoms with Gasteiger partial charge in [-0.2, -0.15) is 8.42 Å². The van der Waals surface area contributed by atoms with E-state index in [-0.39, 0.29) is 19.1 Å². The van der Waals surface area contributed by atoms with Crippen molar-refractivity contribution in [1.82, 2.24) is 0 Å². The minimum atomic E-state index is -3.52. The second-order valence-electron chi connectivity index (χ2n) is 4.49. The van der Waals surface area contributed by atoms with E-state index in [1.54, 1.807) is 12.1 Å². The first kappa shape index (κ1) is 16.9. The molecule has 0 saturated heterocycles. The topological polar surface area (TPSA) is 69.7 Å². The van der Waals surface area contributed by atoms with Gasteiger partial charge in [0.15, 0.2) is 0 Å². The maximum atomic E-state index is 11.0. The number of ether oxygens (including phenoxy) is 1. The fourth-order valence-corrected chi connectivity index (χ4v) is 2.14. The molecule has 1 aromatic rings. The van der Waals surface area contributed by atoms with E-state index < -0.39 is 16.1 Å². The van der Waals surface area contributed by atoms with Crippen LogP contribution in [0, 0.1) is 5.92 Å². The summed E-state index contributed by atoms with van der Waals surface area (Å²) < 4.78 is 31.7. The lowest BCUT2D eigenvalue weighted by Crippen LogP contribution is -2.22. The molecule has 1 aromatic carbocycles. The standard InChI is InChI=1S/C13H17ClO5S/c1-10(15)18-8-12(9-19-20(2,16)17)7-11-3-5-13(14)6-4-11/h3-6,12H,7-9H2,1-2H3/t12-/m0/s1. The van der Waals surface area contributed by atoms with Crippen LogP contribution >= 0.6 is 11.6 Å². The molecule has 0 aliphatic carbocycles. The third-order valence-corrected chi connectivity index (χ3v) is 3.29. The molecule has 0 heterocycles. The molecular weight excluding hydrogens is 304 g/mol. The van der Waals surface area contributed by atoms with Gasteiger partial charge in [-0.1, -0.05) is 23.7 Å². The highest BCUT2D eigenvalue weighted by Gasteiger charge is 2.15. The highest BCUT2D eigenvalue weighted by atomic mass is 35.5. The SMILES string of the molecule is CC(=O)OC[C@@H](COS(C)(=O)=O)Cc1ccc(Cl)cc1. The summed E-state index contributed by atoms with van der Waals surface area (Å²) in [7, 11) is -3.52. The molecule has 0 spiro atoms. The van der Waals surface area contributed by atoms with Crippen LogP contribution in [-0.4, -0.2) is 33.9 Å². The number of esters is 1. The second kappa shape index (κ2) is 7.61. The summed E-state index contributed by atoms with van der Waals surface area (Å²) in [5, 5.41) is 0.623. The Hall–Kier alpha value is -1.11. The molecule has 112 valence electrons. The van der Waals surface area contributed by atoms with Crippen LogP contribution in [0.3, 0.4) is 0 Å². The van der Waals surface area contributed by atoms with Crippen molar-refractivity contribution in [1.29, 1.82) is 0 Å². The van der Waals surface area contributed by atoms with Crippen LogP contribution in [0.2, 0.25) is 5.02 Å². The van der Waals surface area contributed by atoms with Crippen molar-refractivity contribution >= 4 is 27.7 Å². The van der Waals surface area contributed by atoms with E-state index >= 15 is 0 Å². The van der Waals surface area contributed by atoms with Gasteiger partial charge in [-0.25, -0.2) is 0 Å². The number of rotatable bonds is 7. The quantitative estimate of drug-likeness (QED) is 0.568. The van der Waals surface area contributed by atoms with Crippen molar-refractivity contribution in [3.63, 3.8) is 0 Å². The summed E-state index contributed by atoms with van der Waals surface area (Å²) in [6.45, 7) is 1.37. The molecule has 0 aliphatic heterocycles. The van der Waals surface area contributed by atoms with Crippen LogP contribution in [0.5, 0.6) is 0 Å². The van der Waals surface area contributed by atoms with E-state index in [4.69, 9.17) is 20.5 Å². The molecule has 0 saturated carbocycles. The lowest BCUT2D eigenvalue weighted by atomic mass is 10.0. The van der Waals surface area contributed by atoms with Gasteiger partial charge in [-0.05, 0) is 24.1 Å². The predicted molar refractivity (Wildman–Crippen MR) is 76.1 cm³/mol. The molecule has 1 rings (SSSR count). The minimum Gasteiger partial charge on any atom is -0.465 e. The lowest BCUT2D eigenvalue weighted by Gasteiger charge is -2.16. The maximum absolute atomic E-state index is 11.0. The molecule has 0 radical (unpaired) electrons. The van der Waals surface area contributed by atoms with Crippen molar-refractivity contribution in [2.75, 3.05) is 19.5 Å². The largest absolute Gasteiger partial charge is 0.465 e. The third kappa shape index (κ3) is 7.47. The Bertz CT molecular complexity index is 538. The molecule has 0 unspecified atom stereocenters. The van der Waals surface area contributed by atoms with Gasteiger partial charge in [0.25, 0.3) is 10.1 Å². The highest BCUT2D eigenvalue weighted by molar-refractivity contribution is 7.85. The summed E-state index contributed by atoms with van der Waals surface area (Å²) in [5.41, 5.74) is 0.962. The summed E-state index contributed by atoms with van der Waals surface area (Å²) >= 11 is 5.80. The average Bonchev–Trinajstić information content (AvgIpc) is 2.34. The average molecular weight is 321 g/mol. The Morgan fingerprint density at radius 3 is 2.35 bits per heavy atom. The first-order chi connectivity index (χ1) is 9.26. The lowest BCUT2D eigenvalue weighted by molar-refractivity contribution is -0.142. The number of carbonyl (C=O) groups is 1. The summed E-state index contributed by atoms with van der Waals surface area (Å²) in [5.74, 6) is -0.653. The molecule has 20 heavy (non-hydrogen) atoms. The van der Waals surface area contributed by atoms with Crippen LogP contribution in [0.4, 0.5) is 0 Å². The predicted octanol–water partition coefficient (Wildman–Crippen LogP) is 2.04. The number of benzene rings is 1. The van der Waals surface area contributed by atoms with Crippen LogP contribution in [0.25, 0.3) is 0 Å². The zero-order valence-corrected chi connectivity index (χ0v) is 12.9. The van der Waals surface area contributed by atoms with Gasteiger partial charge in [0.2, 0.25) is 0 Å². The smallest absolute Gasteiger partial charge is 0.302 e. The minimum absolute atomic E-state index is 0.0330. The molecule has 5 nitrogen and oxygen atoms in total. The number of hydrogen-bond donors (Lipinski definition) is 0. The van der Waals surface area contributed by atoms with Gasteiger partial charge in [-0.3, -0.25) is 8.98 Å². The number of carbonyl (C=O) groups excluding carboxylic acids is 1. The summed E-state index contributed by atoms with van der Waals surface area (Å²) in [6.07, 6.45) is 1.51. The van der Waals surface area contributed by atoms with Gasteiger partial charge in [0.05, 0.1) is 19.5 Å². The fraction of sp³-hybridized carbons (Fsp3) is 0.462. The monoisotopic (exact) mass is 320 g/mol. The third-order valence-electron chi connectivity index (χ3n) is 2.48. The van der Waals surface area contributed by atoms with E-state index in [1.807, 2.05) is 12.1 Å². The van der Waals surface area contributed by atoms with Crippen molar-refractivity contribution in [3.05, 3.63) is 34.9 Å². The molecule has 0 fully saturated rings. The Morgan fingerprint density at radius 2 is 1.85 bits per heavy atom. The second-order valence-corrected chi connectivity index (χ2v) is 6.57. The van der Waals surface area contributed by atoms with Crippen molar-refractivity contribution in [2.24, 2.45) is 5.92 Å². The van der Waals surface area contributed by atoms with Crippen LogP contribution < -0.4 is 0 Å². The van der Waals surface area contributed by atoms with Gasteiger partial charge in [0.1, 0.15) is 0 Å². The van der Waals surface area contributed by atoms with Gasteiger partial charge < -0.3 is 4.74 Å². The number of hydrogen-bond acceptors (Lipinski definition) is 5. The molecule has 7 heteroatoms. The molecule has 0 aliphatic rings. The zero-order chi connectivity index (χ0) is 15.2. The van der Waals surface area contributed by atoms with Gasteiger partial charge >= 0.3 is 5.97 Å². The summed E-state index contributed by atoms with van der Waals surface area (Å²) in [6, 6.07) is 7.17. The molecular formula is C13H17ClO5S. The van der Waals surface area contributed by atoms with E-state index in [1.165, 1.54) is 6.92 Å². The van der Waals surface area contributed by atoms with Crippen molar-refractivity contribution in [3.8, 4) is 0 Å². The Balaban J connectivity index is 2.65. The van der Waals surface area contributed by atoms with E-state index in [2.05, 4.69) is 0 Å². The highest BCUT2D eigenvalue weighted by Crippen LogP contribution is 2.15. The number of halogens is 1. The Labute approximate surface area is 124 Å². The normalized spacial score (nSPS) is 12.9. The first-order valence-electron chi connectivity index (χ1n) is 5.98. The Kier molecular flexibility index (Phi) is 6.45. The van der Waals surface area contributed by atoms with Gasteiger partial charge in [-0.15, -0.1) is 0 Å². The summed E-state index contributed by atoms with van der Waals surface area (Å²) in [4.78, 5) is 10.8. The van der Waals surface area contributed by atoms with Crippen LogP contribution in [-0.2, 0) is 30.3 Å². The molecule has 0 N–H and O–H groups in total. The van der Waals surface area contributed by atoms with E-state index in [0.717, 1.165) is 11.8 Å². The molecule has 0 amide bonds. The Morgan fingerprint density at radius 1 is 1.25 bits per heavy atom. The van der Waals surface area contributed by atoms with Gasteiger partial charge in [0, 0.05) is 17.9 Å². The fourth-order valence-electron chi connectivity index (χ4n) is 1.57. The first-order valence-corrected chi connectivity index (χ1v) is 8.18. The molecule has 0 aromatic heterocycles. The van der Waals surface area contributed by atoms with Crippen LogP contribution in [0.15, 0.2) is 24.3 Å². The zero-order valence-electron chi connectivity index (χ0n) is 11.3. The van der Waals surface area contributed by atoms with E-state index in [9.17, 15) is 13.2 Å².